The van der Waals surface area contributed by atoms with E-state index in [1.54, 1.807) is 0 Å². The zero-order valence-corrected chi connectivity index (χ0v) is 12.1. The number of nitrogens with one attached hydrogen (secondary N) is 1. The first-order chi connectivity index (χ1) is 9.24. The minimum Gasteiger partial charge on any atom is -0.340 e. The van der Waals surface area contributed by atoms with E-state index in [1.807, 2.05) is 17.9 Å². The third-order valence-corrected chi connectivity index (χ3v) is 3.28. The van der Waals surface area contributed by atoms with Crippen LogP contribution < -0.4 is 5.32 Å². The Balaban J connectivity index is 2.23. The fourth-order valence-electron chi connectivity index (χ4n) is 2.34. The van der Waals surface area contributed by atoms with Crippen LogP contribution in [0.4, 0.5) is 0 Å². The number of hydrogen-bond acceptors (Lipinski definition) is 2. The normalized spacial score (nSPS) is 12.6. The van der Waals surface area contributed by atoms with Gasteiger partial charge in [0.2, 0.25) is 0 Å². The van der Waals surface area contributed by atoms with Crippen LogP contribution >= 0.6 is 0 Å². The highest BCUT2D eigenvalue weighted by Crippen LogP contribution is 2.21. The molecule has 2 rings (SSSR count). The van der Waals surface area contributed by atoms with Crippen molar-refractivity contribution in [3.05, 3.63) is 53.6 Å². The molecule has 0 fully saturated rings. The van der Waals surface area contributed by atoms with Crippen molar-refractivity contribution in [3.63, 3.8) is 0 Å². The van der Waals surface area contributed by atoms with Gasteiger partial charge in [-0.3, -0.25) is 0 Å². The molecule has 1 N–H and O–H groups in total. The molecule has 0 radical (unpaired) electrons. The molecule has 1 unspecified atom stereocenters. The van der Waals surface area contributed by atoms with Gasteiger partial charge in [-0.05, 0) is 24.1 Å². The SMILES string of the molecule is CCCc1ccc(C(NCC)c2cn(C)cn2)cc1. The first kappa shape index (κ1) is 13.8. The van der Waals surface area contributed by atoms with Gasteiger partial charge in [0.05, 0.1) is 18.1 Å². The molecule has 0 saturated carbocycles. The van der Waals surface area contributed by atoms with E-state index in [-0.39, 0.29) is 6.04 Å². The highest BCUT2D eigenvalue weighted by molar-refractivity contribution is 5.30. The second kappa shape index (κ2) is 6.53. The van der Waals surface area contributed by atoms with Crippen molar-refractivity contribution in [1.29, 1.82) is 0 Å². The lowest BCUT2D eigenvalue weighted by atomic mass is 10.0. The van der Waals surface area contributed by atoms with Gasteiger partial charge in [0.1, 0.15) is 0 Å². The van der Waals surface area contributed by atoms with Crippen LogP contribution in [0.15, 0.2) is 36.8 Å². The fraction of sp³-hybridized carbons (Fsp3) is 0.438. The summed E-state index contributed by atoms with van der Waals surface area (Å²) in [5.41, 5.74) is 3.76. The van der Waals surface area contributed by atoms with Crippen LogP contribution in [0.3, 0.4) is 0 Å². The average Bonchev–Trinajstić information content (AvgIpc) is 2.84. The summed E-state index contributed by atoms with van der Waals surface area (Å²) >= 11 is 0. The van der Waals surface area contributed by atoms with Crippen molar-refractivity contribution in [2.45, 2.75) is 32.7 Å². The van der Waals surface area contributed by atoms with E-state index in [9.17, 15) is 0 Å². The molecule has 0 spiro atoms. The number of aromatic nitrogens is 2. The zero-order valence-electron chi connectivity index (χ0n) is 12.1. The molecule has 1 aromatic heterocycles. The predicted octanol–water partition coefficient (Wildman–Crippen LogP) is 3.07. The molecule has 1 heterocycles. The summed E-state index contributed by atoms with van der Waals surface area (Å²) in [6.45, 7) is 5.27. The Morgan fingerprint density at radius 1 is 1.21 bits per heavy atom. The third kappa shape index (κ3) is 3.44. The first-order valence-corrected chi connectivity index (χ1v) is 7.04. The lowest BCUT2D eigenvalue weighted by molar-refractivity contribution is 0.617. The maximum Gasteiger partial charge on any atom is 0.0947 e. The molecule has 1 atom stereocenters. The molecule has 0 bridgehead atoms. The van der Waals surface area contributed by atoms with Gasteiger partial charge in [0.25, 0.3) is 0 Å². The van der Waals surface area contributed by atoms with Crippen molar-refractivity contribution in [2.24, 2.45) is 7.05 Å². The maximum absolute atomic E-state index is 4.47. The predicted molar refractivity (Wildman–Crippen MR) is 79.2 cm³/mol. The third-order valence-electron chi connectivity index (χ3n) is 3.28. The van der Waals surface area contributed by atoms with Gasteiger partial charge in [-0.25, -0.2) is 4.98 Å². The highest BCUT2D eigenvalue weighted by Gasteiger charge is 2.15. The molecule has 3 nitrogen and oxygen atoms in total. The summed E-state index contributed by atoms with van der Waals surface area (Å²) in [5, 5.41) is 3.50. The van der Waals surface area contributed by atoms with Gasteiger partial charge in [-0.1, -0.05) is 44.5 Å². The summed E-state index contributed by atoms with van der Waals surface area (Å²) in [7, 11) is 2.00. The van der Waals surface area contributed by atoms with E-state index < -0.39 is 0 Å². The van der Waals surface area contributed by atoms with Crippen molar-refractivity contribution in [3.8, 4) is 0 Å². The van der Waals surface area contributed by atoms with E-state index in [4.69, 9.17) is 0 Å². The monoisotopic (exact) mass is 257 g/mol. The average molecular weight is 257 g/mol. The molecule has 0 amide bonds. The molecule has 0 aliphatic carbocycles. The van der Waals surface area contributed by atoms with Crippen molar-refractivity contribution in [1.82, 2.24) is 14.9 Å². The van der Waals surface area contributed by atoms with Crippen molar-refractivity contribution >= 4 is 0 Å². The first-order valence-electron chi connectivity index (χ1n) is 7.04. The number of hydrogen-bond donors (Lipinski definition) is 1. The Morgan fingerprint density at radius 3 is 2.47 bits per heavy atom. The summed E-state index contributed by atoms with van der Waals surface area (Å²) in [6.07, 6.45) is 6.27. The van der Waals surface area contributed by atoms with Crippen LogP contribution in [0.2, 0.25) is 0 Å². The van der Waals surface area contributed by atoms with Gasteiger partial charge in [0, 0.05) is 13.2 Å². The second-order valence-electron chi connectivity index (χ2n) is 4.95. The number of rotatable bonds is 6. The Hall–Kier alpha value is -1.61. The highest BCUT2D eigenvalue weighted by atomic mass is 15.0. The minimum absolute atomic E-state index is 0.182. The summed E-state index contributed by atoms with van der Waals surface area (Å²) in [4.78, 5) is 4.47. The Kier molecular flexibility index (Phi) is 4.74. The number of imidazole rings is 1. The zero-order chi connectivity index (χ0) is 13.7. The van der Waals surface area contributed by atoms with Crippen LogP contribution in [0.25, 0.3) is 0 Å². The van der Waals surface area contributed by atoms with Crippen molar-refractivity contribution in [2.75, 3.05) is 6.54 Å². The van der Waals surface area contributed by atoms with Crippen LogP contribution in [0.1, 0.15) is 43.1 Å². The molecule has 1 aromatic carbocycles. The van der Waals surface area contributed by atoms with Gasteiger partial charge >= 0.3 is 0 Å². The van der Waals surface area contributed by atoms with Crippen LogP contribution in [0.5, 0.6) is 0 Å². The molecule has 0 saturated heterocycles. The molecule has 0 aliphatic rings. The van der Waals surface area contributed by atoms with Crippen LogP contribution in [0, 0.1) is 0 Å². The van der Waals surface area contributed by atoms with Gasteiger partial charge < -0.3 is 9.88 Å². The van der Waals surface area contributed by atoms with Gasteiger partial charge in [-0.2, -0.15) is 0 Å². The summed E-state index contributed by atoms with van der Waals surface area (Å²) < 4.78 is 1.99. The molecule has 0 aliphatic heterocycles. The second-order valence-corrected chi connectivity index (χ2v) is 4.95. The van der Waals surface area contributed by atoms with Crippen LogP contribution in [-0.4, -0.2) is 16.1 Å². The van der Waals surface area contributed by atoms with E-state index in [2.05, 4.69) is 54.6 Å². The van der Waals surface area contributed by atoms with E-state index in [0.29, 0.717) is 0 Å². The molecular formula is C16H23N3. The quantitative estimate of drug-likeness (QED) is 0.862. The van der Waals surface area contributed by atoms with E-state index in [1.165, 1.54) is 17.5 Å². The lowest BCUT2D eigenvalue weighted by Crippen LogP contribution is -2.22. The lowest BCUT2D eigenvalue weighted by Gasteiger charge is -2.16. The Labute approximate surface area is 115 Å². The molecule has 19 heavy (non-hydrogen) atoms. The number of nitrogens with zero attached hydrogens (tertiary/aromatic N) is 2. The molecule has 102 valence electrons. The topological polar surface area (TPSA) is 29.9 Å². The van der Waals surface area contributed by atoms with Gasteiger partial charge in [-0.15, -0.1) is 0 Å². The molecular weight excluding hydrogens is 234 g/mol. The maximum atomic E-state index is 4.47. The largest absolute Gasteiger partial charge is 0.340 e. The van der Waals surface area contributed by atoms with E-state index >= 15 is 0 Å². The van der Waals surface area contributed by atoms with Crippen LogP contribution in [-0.2, 0) is 13.5 Å². The minimum atomic E-state index is 0.182. The number of benzene rings is 1. The Bertz CT molecular complexity index is 499. The van der Waals surface area contributed by atoms with E-state index in [0.717, 1.165) is 18.7 Å². The fourth-order valence-corrected chi connectivity index (χ4v) is 2.34. The van der Waals surface area contributed by atoms with Gasteiger partial charge in [0.15, 0.2) is 0 Å². The summed E-state index contributed by atoms with van der Waals surface area (Å²) in [5.74, 6) is 0. The van der Waals surface area contributed by atoms with Crippen molar-refractivity contribution < 1.29 is 0 Å². The molecule has 3 heteroatoms. The Morgan fingerprint density at radius 2 is 1.95 bits per heavy atom. The molecule has 2 aromatic rings. The number of aryl methyl sites for hydroxylation is 2. The summed E-state index contributed by atoms with van der Waals surface area (Å²) in [6, 6.07) is 9.07. The standard InChI is InChI=1S/C16H23N3/c1-4-6-13-7-9-14(10-8-13)16(17-5-2)15-11-19(3)12-18-15/h7-12,16-17H,4-6H2,1-3H3. The smallest absolute Gasteiger partial charge is 0.0947 e.